The first-order valence-corrected chi connectivity index (χ1v) is 9.86. The minimum atomic E-state index is -4.75. The van der Waals surface area contributed by atoms with Crippen molar-refractivity contribution in [2.24, 2.45) is 5.92 Å². The summed E-state index contributed by atoms with van der Waals surface area (Å²) in [4.78, 5) is 12.5. The van der Waals surface area contributed by atoms with Crippen molar-refractivity contribution in [1.29, 1.82) is 0 Å². The van der Waals surface area contributed by atoms with Crippen molar-refractivity contribution >= 4 is 15.6 Å². The predicted octanol–water partition coefficient (Wildman–Crippen LogP) is 3.44. The van der Waals surface area contributed by atoms with Gasteiger partial charge in [0, 0.05) is 12.3 Å². The summed E-state index contributed by atoms with van der Waals surface area (Å²) in [5.41, 5.74) is 0.595. The Morgan fingerprint density at radius 3 is 2.16 bits per heavy atom. The molecule has 0 aromatic heterocycles. The van der Waals surface area contributed by atoms with Crippen molar-refractivity contribution in [2.75, 3.05) is 0 Å². The minimum absolute atomic E-state index is 0.0451. The first kappa shape index (κ1) is 18.2. The van der Waals surface area contributed by atoms with Gasteiger partial charge >= 0.3 is 6.36 Å². The number of sulfone groups is 1. The van der Waals surface area contributed by atoms with Crippen LogP contribution in [0.4, 0.5) is 13.2 Å². The molecule has 0 spiro atoms. The molecule has 8 heteroatoms. The highest BCUT2D eigenvalue weighted by Gasteiger charge is 2.45. The molecule has 0 N–H and O–H groups in total. The lowest BCUT2D eigenvalue weighted by Gasteiger charge is -2.38. The van der Waals surface area contributed by atoms with Gasteiger partial charge in [0.15, 0.2) is 9.84 Å². The number of rotatable bonds is 4. The topological polar surface area (TPSA) is 60.4 Å². The molecule has 2 aliphatic heterocycles. The zero-order chi connectivity index (χ0) is 18.2. The number of halogens is 3. The van der Waals surface area contributed by atoms with E-state index in [1.807, 2.05) is 0 Å². The third kappa shape index (κ3) is 4.16. The number of ether oxygens (including phenoxy) is 1. The average Bonchev–Trinajstić information content (AvgIpc) is 2.46. The fraction of sp³-hybridized carbons (Fsp3) is 0.588. The second-order valence-electron chi connectivity index (χ2n) is 6.77. The fourth-order valence-electron chi connectivity index (χ4n) is 3.83. The van der Waals surface area contributed by atoms with E-state index in [4.69, 9.17) is 0 Å². The van der Waals surface area contributed by atoms with Crippen molar-refractivity contribution in [1.82, 2.24) is 0 Å². The quantitative estimate of drug-likeness (QED) is 0.808. The summed E-state index contributed by atoms with van der Waals surface area (Å²) in [6.07, 6.45) is -1.80. The van der Waals surface area contributed by atoms with Crippen molar-refractivity contribution in [3.63, 3.8) is 0 Å². The first-order chi connectivity index (χ1) is 11.6. The second kappa shape index (κ2) is 6.63. The highest BCUT2D eigenvalue weighted by Crippen LogP contribution is 2.40. The molecule has 2 unspecified atom stereocenters. The lowest BCUT2D eigenvalue weighted by molar-refractivity contribution is -0.274. The summed E-state index contributed by atoms with van der Waals surface area (Å²) in [5.74, 6) is -0.664. The molecule has 4 nitrogen and oxygen atoms in total. The molecule has 1 aromatic rings. The maximum absolute atomic E-state index is 12.5. The zero-order valence-corrected chi connectivity index (χ0v) is 14.3. The molecule has 0 saturated carbocycles. The average molecular weight is 376 g/mol. The van der Waals surface area contributed by atoms with E-state index in [2.05, 4.69) is 4.74 Å². The Morgan fingerprint density at radius 1 is 1.08 bits per heavy atom. The van der Waals surface area contributed by atoms with Crippen LogP contribution in [0.5, 0.6) is 5.75 Å². The summed E-state index contributed by atoms with van der Waals surface area (Å²) in [6.45, 7) is 0. The fourth-order valence-corrected chi connectivity index (χ4v) is 6.36. The molecular formula is C17H19F3O4S. The van der Waals surface area contributed by atoms with Gasteiger partial charge in [-0.15, -0.1) is 13.2 Å². The lowest BCUT2D eigenvalue weighted by Crippen LogP contribution is -2.45. The van der Waals surface area contributed by atoms with Gasteiger partial charge in [-0.3, -0.25) is 4.79 Å². The molecule has 2 heterocycles. The van der Waals surface area contributed by atoms with Crippen LogP contribution >= 0.6 is 0 Å². The van der Waals surface area contributed by atoms with Crippen LogP contribution in [0.25, 0.3) is 0 Å². The Hall–Kier alpha value is -1.57. The number of ketones is 1. The van der Waals surface area contributed by atoms with Gasteiger partial charge in [-0.2, -0.15) is 0 Å². The summed E-state index contributed by atoms with van der Waals surface area (Å²) in [5, 5.41) is -0.840. The van der Waals surface area contributed by atoms with Crippen LogP contribution in [0.3, 0.4) is 0 Å². The van der Waals surface area contributed by atoms with E-state index in [0.717, 1.165) is 6.42 Å². The van der Waals surface area contributed by atoms with E-state index in [9.17, 15) is 26.4 Å². The van der Waals surface area contributed by atoms with E-state index in [-0.39, 0.29) is 23.9 Å². The van der Waals surface area contributed by atoms with Crippen LogP contribution in [0.15, 0.2) is 24.3 Å². The standard InChI is InChI=1S/C17H19F3O4S/c18-17(19,20)24-13-6-4-11(5-7-13)8-16(21)12-9-14-2-1-3-15(10-12)25(14,22)23/h4-7,12,14-15H,1-3,8-10H2. The van der Waals surface area contributed by atoms with Crippen molar-refractivity contribution < 1.29 is 31.1 Å². The Bertz CT molecular complexity index is 720. The number of hydrogen-bond donors (Lipinski definition) is 0. The number of benzene rings is 1. The van der Waals surface area contributed by atoms with Gasteiger partial charge in [-0.05, 0) is 43.4 Å². The monoisotopic (exact) mass is 376 g/mol. The Morgan fingerprint density at radius 2 is 1.64 bits per heavy atom. The molecule has 2 saturated heterocycles. The van der Waals surface area contributed by atoms with E-state index in [1.54, 1.807) is 0 Å². The molecule has 2 bridgehead atoms. The van der Waals surface area contributed by atoms with E-state index in [1.165, 1.54) is 24.3 Å². The van der Waals surface area contributed by atoms with E-state index < -0.39 is 26.7 Å². The number of carbonyl (C=O) groups excluding carboxylic acids is 1. The van der Waals surface area contributed by atoms with Gasteiger partial charge in [-0.25, -0.2) is 8.42 Å². The number of carbonyl (C=O) groups is 1. The Labute approximate surface area is 144 Å². The highest BCUT2D eigenvalue weighted by atomic mass is 32.2. The number of fused-ring (bicyclic) bond motifs is 2. The zero-order valence-electron chi connectivity index (χ0n) is 13.5. The normalized spacial score (nSPS) is 28.4. The van der Waals surface area contributed by atoms with Crippen molar-refractivity contribution in [3.8, 4) is 5.75 Å². The smallest absolute Gasteiger partial charge is 0.406 e. The first-order valence-electron chi connectivity index (χ1n) is 8.25. The Balaban J connectivity index is 1.63. The maximum atomic E-state index is 12.5. The maximum Gasteiger partial charge on any atom is 0.573 e. The van der Waals surface area contributed by atoms with E-state index in [0.29, 0.717) is 31.2 Å². The predicted molar refractivity (Wildman–Crippen MR) is 84.9 cm³/mol. The Kier molecular flexibility index (Phi) is 4.83. The van der Waals surface area contributed by atoms with Crippen LogP contribution < -0.4 is 4.74 Å². The summed E-state index contributed by atoms with van der Waals surface area (Å²) >= 11 is 0. The number of hydrogen-bond acceptors (Lipinski definition) is 4. The molecule has 1 aromatic carbocycles. The van der Waals surface area contributed by atoms with Crippen LogP contribution in [0.1, 0.15) is 37.7 Å². The highest BCUT2D eigenvalue weighted by molar-refractivity contribution is 7.92. The third-order valence-electron chi connectivity index (χ3n) is 5.07. The van der Waals surface area contributed by atoms with Gasteiger partial charge in [0.2, 0.25) is 0 Å². The van der Waals surface area contributed by atoms with Gasteiger partial charge in [0.25, 0.3) is 0 Å². The summed E-state index contributed by atoms with van der Waals surface area (Å²) in [7, 11) is -3.10. The van der Waals surface area contributed by atoms with Gasteiger partial charge in [-0.1, -0.05) is 18.6 Å². The molecular weight excluding hydrogens is 357 g/mol. The number of alkyl halides is 3. The van der Waals surface area contributed by atoms with Crippen LogP contribution in [0.2, 0.25) is 0 Å². The molecule has 0 aliphatic carbocycles. The van der Waals surface area contributed by atoms with Crippen molar-refractivity contribution in [3.05, 3.63) is 29.8 Å². The van der Waals surface area contributed by atoms with Gasteiger partial charge < -0.3 is 4.74 Å². The minimum Gasteiger partial charge on any atom is -0.406 e. The lowest BCUT2D eigenvalue weighted by atomic mass is 9.85. The third-order valence-corrected chi connectivity index (χ3v) is 7.78. The second-order valence-corrected chi connectivity index (χ2v) is 9.28. The summed E-state index contributed by atoms with van der Waals surface area (Å²) in [6, 6.07) is 5.21. The molecule has 2 fully saturated rings. The van der Waals surface area contributed by atoms with E-state index >= 15 is 0 Å². The summed E-state index contributed by atoms with van der Waals surface area (Å²) < 4.78 is 64.7. The largest absolute Gasteiger partial charge is 0.573 e. The molecule has 3 rings (SSSR count). The van der Waals surface area contributed by atoms with Gasteiger partial charge in [0.1, 0.15) is 11.5 Å². The molecule has 0 amide bonds. The van der Waals surface area contributed by atoms with Crippen LogP contribution in [-0.2, 0) is 21.1 Å². The molecule has 0 radical (unpaired) electrons. The van der Waals surface area contributed by atoms with Crippen LogP contribution in [0, 0.1) is 5.92 Å². The SMILES string of the molecule is O=C(Cc1ccc(OC(F)(F)F)cc1)C1CC2CCCC(C1)S2(=O)=O. The molecule has 2 aliphatic rings. The van der Waals surface area contributed by atoms with Crippen molar-refractivity contribution in [2.45, 2.75) is 55.4 Å². The number of Topliss-reactive ketones (excluding diaryl/α,β-unsaturated/α-hetero) is 1. The van der Waals surface area contributed by atoms with Crippen LogP contribution in [-0.4, -0.2) is 31.1 Å². The molecule has 138 valence electrons. The molecule has 25 heavy (non-hydrogen) atoms. The molecule has 2 atom stereocenters. The van der Waals surface area contributed by atoms with Gasteiger partial charge in [0.05, 0.1) is 10.5 Å².